The molecule has 0 unspecified atom stereocenters. The number of aryl methyl sites for hydroxylation is 2. The fourth-order valence-electron chi connectivity index (χ4n) is 1.99. The van der Waals surface area contributed by atoms with Gasteiger partial charge in [0.1, 0.15) is 0 Å². The quantitative estimate of drug-likeness (QED) is 0.705. The van der Waals surface area contributed by atoms with Crippen molar-refractivity contribution in [3.05, 3.63) is 52.3 Å². The maximum absolute atomic E-state index is 13.0. The van der Waals surface area contributed by atoms with Gasteiger partial charge < -0.3 is 4.57 Å². The van der Waals surface area contributed by atoms with Crippen LogP contribution in [0.1, 0.15) is 17.0 Å². The minimum absolute atomic E-state index is 0.00772. The summed E-state index contributed by atoms with van der Waals surface area (Å²) in [6.45, 7) is 3.49. The molecule has 0 aliphatic heterocycles. The van der Waals surface area contributed by atoms with Crippen molar-refractivity contribution in [1.29, 1.82) is 0 Å². The predicted molar refractivity (Wildman–Crippen MR) is 65.3 cm³/mol. The highest BCUT2D eigenvalue weighted by molar-refractivity contribution is 6.32. The van der Waals surface area contributed by atoms with Gasteiger partial charge in [-0.15, -0.1) is 0 Å². The van der Waals surface area contributed by atoms with Gasteiger partial charge in [-0.1, -0.05) is 17.7 Å². The number of rotatable bonds is 1. The maximum atomic E-state index is 13.0. The van der Waals surface area contributed by atoms with Gasteiger partial charge in [0.2, 0.25) is 0 Å². The Balaban J connectivity index is 2.79. The van der Waals surface area contributed by atoms with E-state index in [9.17, 15) is 13.2 Å². The van der Waals surface area contributed by atoms with Crippen molar-refractivity contribution in [2.45, 2.75) is 20.0 Å². The van der Waals surface area contributed by atoms with Crippen molar-refractivity contribution >= 4 is 11.6 Å². The molecule has 18 heavy (non-hydrogen) atoms. The van der Waals surface area contributed by atoms with Crippen molar-refractivity contribution < 1.29 is 13.2 Å². The molecule has 0 radical (unpaired) electrons. The fraction of sp³-hybridized carbons (Fsp3) is 0.231. The lowest BCUT2D eigenvalue weighted by atomic mass is 10.1. The SMILES string of the molecule is Cc1ccc(C)n1-c1c(Cl)cccc1C(F)(F)F. The van der Waals surface area contributed by atoms with Gasteiger partial charge in [-0.05, 0) is 38.1 Å². The molecule has 0 N–H and O–H groups in total. The molecule has 0 spiro atoms. The summed E-state index contributed by atoms with van der Waals surface area (Å²) in [6.07, 6.45) is -4.43. The van der Waals surface area contributed by atoms with Gasteiger partial charge in [-0.2, -0.15) is 13.2 Å². The molecular formula is C13H11ClF3N. The standard InChI is InChI=1S/C13H11ClF3N/c1-8-6-7-9(2)18(8)12-10(13(15,16)17)4-3-5-11(12)14/h3-7H,1-2H3. The lowest BCUT2D eigenvalue weighted by Gasteiger charge is -2.18. The molecule has 1 nitrogen and oxygen atoms in total. The van der Waals surface area contributed by atoms with E-state index >= 15 is 0 Å². The third kappa shape index (κ3) is 2.12. The van der Waals surface area contributed by atoms with Gasteiger partial charge >= 0.3 is 6.18 Å². The Bertz CT molecular complexity index is 565. The first-order chi connectivity index (χ1) is 8.32. The molecule has 1 aromatic carbocycles. The van der Waals surface area contributed by atoms with Gasteiger partial charge in [0.15, 0.2) is 0 Å². The zero-order valence-corrected chi connectivity index (χ0v) is 10.6. The molecule has 2 aromatic rings. The second-order valence-corrected chi connectivity index (χ2v) is 4.49. The van der Waals surface area contributed by atoms with Crippen LogP contribution in [0.25, 0.3) is 5.69 Å². The van der Waals surface area contributed by atoms with E-state index < -0.39 is 11.7 Å². The first kappa shape index (κ1) is 13.0. The topological polar surface area (TPSA) is 4.93 Å². The fourth-order valence-corrected chi connectivity index (χ4v) is 2.25. The van der Waals surface area contributed by atoms with Crippen LogP contribution in [-0.4, -0.2) is 4.57 Å². The van der Waals surface area contributed by atoms with E-state index in [1.807, 2.05) is 0 Å². The normalized spacial score (nSPS) is 11.9. The molecule has 0 fully saturated rings. The van der Waals surface area contributed by atoms with Crippen LogP contribution >= 0.6 is 11.6 Å². The van der Waals surface area contributed by atoms with Gasteiger partial charge in [0.25, 0.3) is 0 Å². The first-order valence-corrected chi connectivity index (χ1v) is 5.71. The summed E-state index contributed by atoms with van der Waals surface area (Å²) in [7, 11) is 0. The van der Waals surface area contributed by atoms with E-state index in [2.05, 4.69) is 0 Å². The summed E-state index contributed by atoms with van der Waals surface area (Å²) < 4.78 is 40.6. The van der Waals surface area contributed by atoms with Crippen LogP contribution < -0.4 is 0 Å². The zero-order chi connectivity index (χ0) is 13.5. The van der Waals surface area contributed by atoms with E-state index in [-0.39, 0.29) is 10.7 Å². The van der Waals surface area contributed by atoms with Crippen molar-refractivity contribution in [2.75, 3.05) is 0 Å². The molecule has 0 aliphatic rings. The summed E-state index contributed by atoms with van der Waals surface area (Å²) in [5.41, 5.74) is 0.696. The third-order valence-corrected chi connectivity index (χ3v) is 3.09. The molecule has 0 atom stereocenters. The molecule has 0 saturated heterocycles. The van der Waals surface area contributed by atoms with Gasteiger partial charge in [0.05, 0.1) is 16.3 Å². The molecule has 1 aromatic heterocycles. The van der Waals surface area contributed by atoms with E-state index in [4.69, 9.17) is 11.6 Å². The van der Waals surface area contributed by atoms with Gasteiger partial charge in [-0.25, -0.2) is 0 Å². The molecular weight excluding hydrogens is 263 g/mol. The molecule has 0 amide bonds. The number of benzene rings is 1. The Morgan fingerprint density at radius 1 is 1.00 bits per heavy atom. The summed E-state index contributed by atoms with van der Waals surface area (Å²) in [6, 6.07) is 7.34. The minimum Gasteiger partial charge on any atom is -0.316 e. The smallest absolute Gasteiger partial charge is 0.316 e. The molecule has 1 heterocycles. The Morgan fingerprint density at radius 3 is 2.06 bits per heavy atom. The average molecular weight is 274 g/mol. The lowest BCUT2D eigenvalue weighted by molar-refractivity contribution is -0.137. The molecule has 96 valence electrons. The number of halogens is 4. The third-order valence-electron chi connectivity index (χ3n) is 2.79. The average Bonchev–Trinajstić information content (AvgIpc) is 2.58. The molecule has 2 rings (SSSR count). The number of hydrogen-bond acceptors (Lipinski definition) is 0. The van der Waals surface area contributed by atoms with Crippen LogP contribution in [-0.2, 0) is 6.18 Å². The summed E-state index contributed by atoms with van der Waals surface area (Å²) in [5, 5.41) is 0.0900. The van der Waals surface area contributed by atoms with Crippen molar-refractivity contribution in [3.8, 4) is 5.69 Å². The van der Waals surface area contributed by atoms with E-state index in [0.29, 0.717) is 11.4 Å². The van der Waals surface area contributed by atoms with Crippen LogP contribution in [0.4, 0.5) is 13.2 Å². The Hall–Kier alpha value is -1.42. The lowest BCUT2D eigenvalue weighted by Crippen LogP contribution is -2.12. The van der Waals surface area contributed by atoms with Crippen LogP contribution in [0.3, 0.4) is 0 Å². The highest BCUT2D eigenvalue weighted by atomic mass is 35.5. The van der Waals surface area contributed by atoms with E-state index in [1.165, 1.54) is 16.7 Å². The highest BCUT2D eigenvalue weighted by Crippen LogP contribution is 2.38. The minimum atomic E-state index is -4.43. The summed E-state index contributed by atoms with van der Waals surface area (Å²) >= 11 is 5.95. The van der Waals surface area contributed by atoms with Crippen LogP contribution in [0, 0.1) is 13.8 Å². The molecule has 0 saturated carbocycles. The summed E-state index contributed by atoms with van der Waals surface area (Å²) in [5.74, 6) is 0. The maximum Gasteiger partial charge on any atom is 0.418 e. The number of aromatic nitrogens is 1. The molecule has 0 aliphatic carbocycles. The molecule has 0 bridgehead atoms. The monoisotopic (exact) mass is 273 g/mol. The zero-order valence-electron chi connectivity index (χ0n) is 9.85. The van der Waals surface area contributed by atoms with Crippen LogP contribution in [0.15, 0.2) is 30.3 Å². The number of hydrogen-bond donors (Lipinski definition) is 0. The van der Waals surface area contributed by atoms with Gasteiger partial charge in [-0.3, -0.25) is 0 Å². The van der Waals surface area contributed by atoms with Gasteiger partial charge in [0, 0.05) is 11.4 Å². The molecule has 5 heteroatoms. The second-order valence-electron chi connectivity index (χ2n) is 4.09. The Labute approximate surface area is 108 Å². The van der Waals surface area contributed by atoms with Crippen LogP contribution in [0.2, 0.25) is 5.02 Å². The van der Waals surface area contributed by atoms with Crippen molar-refractivity contribution in [2.24, 2.45) is 0 Å². The highest BCUT2D eigenvalue weighted by Gasteiger charge is 2.35. The number of nitrogens with zero attached hydrogens (tertiary/aromatic N) is 1. The second kappa shape index (κ2) is 4.35. The number of alkyl halides is 3. The summed E-state index contributed by atoms with van der Waals surface area (Å²) in [4.78, 5) is 0. The van der Waals surface area contributed by atoms with Crippen molar-refractivity contribution in [1.82, 2.24) is 4.57 Å². The number of para-hydroxylation sites is 1. The Morgan fingerprint density at radius 2 is 1.56 bits per heavy atom. The first-order valence-electron chi connectivity index (χ1n) is 5.33. The van der Waals surface area contributed by atoms with E-state index in [1.54, 1.807) is 26.0 Å². The van der Waals surface area contributed by atoms with Crippen molar-refractivity contribution in [3.63, 3.8) is 0 Å². The van der Waals surface area contributed by atoms with Crippen LogP contribution in [0.5, 0.6) is 0 Å². The predicted octanol–water partition coefficient (Wildman–Crippen LogP) is 4.77. The largest absolute Gasteiger partial charge is 0.418 e. The Kier molecular flexibility index (Phi) is 3.15. The van der Waals surface area contributed by atoms with E-state index in [0.717, 1.165) is 6.07 Å².